The van der Waals surface area contributed by atoms with Gasteiger partial charge in [0.15, 0.2) is 11.5 Å². The van der Waals surface area contributed by atoms with Crippen LogP contribution in [0.2, 0.25) is 0 Å². The molecule has 8 nitrogen and oxygen atoms in total. The first-order valence-corrected chi connectivity index (χ1v) is 11.0. The van der Waals surface area contributed by atoms with Crippen molar-refractivity contribution in [2.75, 3.05) is 20.8 Å². The molecule has 1 unspecified atom stereocenters. The Morgan fingerprint density at radius 3 is 2.41 bits per heavy atom. The van der Waals surface area contributed by atoms with E-state index < -0.39 is 17.7 Å². The van der Waals surface area contributed by atoms with Gasteiger partial charge in [-0.15, -0.1) is 0 Å². The van der Waals surface area contributed by atoms with Crippen molar-refractivity contribution in [2.45, 2.75) is 25.9 Å². The third kappa shape index (κ3) is 4.39. The third-order valence-electron chi connectivity index (χ3n) is 5.96. The second-order valence-electron chi connectivity index (χ2n) is 8.13. The van der Waals surface area contributed by atoms with E-state index in [9.17, 15) is 14.7 Å². The highest BCUT2D eigenvalue weighted by atomic mass is 16.5. The fraction of sp³-hybridized carbons (Fsp3) is 0.269. The van der Waals surface area contributed by atoms with Crippen molar-refractivity contribution in [3.63, 3.8) is 0 Å². The van der Waals surface area contributed by atoms with E-state index in [2.05, 4.69) is 4.98 Å². The van der Waals surface area contributed by atoms with Gasteiger partial charge in [0.1, 0.15) is 5.76 Å². The number of ether oxygens (including phenoxy) is 2. The van der Waals surface area contributed by atoms with Crippen LogP contribution in [0.4, 0.5) is 0 Å². The van der Waals surface area contributed by atoms with E-state index in [1.165, 1.54) is 19.1 Å². The quantitative estimate of drug-likeness (QED) is 0.312. The van der Waals surface area contributed by atoms with Crippen LogP contribution in [-0.2, 0) is 16.1 Å². The van der Waals surface area contributed by atoms with Crippen LogP contribution in [0.3, 0.4) is 0 Å². The zero-order valence-electron chi connectivity index (χ0n) is 19.4. The highest BCUT2D eigenvalue weighted by molar-refractivity contribution is 6.46. The Bertz CT molecular complexity index is 1220. The number of ketones is 1. The molecule has 1 N–H and O–H groups in total. The molecular weight excluding hydrogens is 434 g/mol. The van der Waals surface area contributed by atoms with Crippen molar-refractivity contribution in [1.82, 2.24) is 14.5 Å². The molecule has 1 saturated heterocycles. The second-order valence-corrected chi connectivity index (χ2v) is 8.13. The molecule has 0 radical (unpaired) electrons. The molecule has 176 valence electrons. The Kier molecular flexibility index (Phi) is 6.67. The van der Waals surface area contributed by atoms with E-state index in [-0.39, 0.29) is 11.3 Å². The topological polar surface area (TPSA) is 93.9 Å². The maximum absolute atomic E-state index is 13.2. The predicted octanol–water partition coefficient (Wildman–Crippen LogP) is 3.72. The molecule has 0 spiro atoms. The van der Waals surface area contributed by atoms with Crippen LogP contribution in [0, 0.1) is 6.92 Å². The lowest BCUT2D eigenvalue weighted by molar-refractivity contribution is -0.139. The maximum Gasteiger partial charge on any atom is 0.295 e. The predicted molar refractivity (Wildman–Crippen MR) is 127 cm³/mol. The minimum atomic E-state index is -0.760. The van der Waals surface area contributed by atoms with E-state index in [0.29, 0.717) is 42.1 Å². The lowest BCUT2D eigenvalue weighted by Crippen LogP contribution is -2.31. The summed E-state index contributed by atoms with van der Waals surface area (Å²) < 4.78 is 12.7. The van der Waals surface area contributed by atoms with Gasteiger partial charge in [-0.25, -0.2) is 4.98 Å². The van der Waals surface area contributed by atoms with Crippen molar-refractivity contribution in [1.29, 1.82) is 0 Å². The number of hydrogen-bond acceptors (Lipinski definition) is 6. The van der Waals surface area contributed by atoms with Gasteiger partial charge < -0.3 is 24.0 Å². The molecule has 1 aliphatic rings. The number of Topliss-reactive ketones (excluding diaryl/α,β-unsaturated/α-hetero) is 1. The smallest absolute Gasteiger partial charge is 0.295 e. The molecule has 34 heavy (non-hydrogen) atoms. The molecule has 1 aliphatic heterocycles. The van der Waals surface area contributed by atoms with E-state index in [0.717, 1.165) is 5.56 Å². The Morgan fingerprint density at radius 1 is 1.03 bits per heavy atom. The van der Waals surface area contributed by atoms with E-state index >= 15 is 0 Å². The van der Waals surface area contributed by atoms with Crippen molar-refractivity contribution >= 4 is 17.4 Å². The Labute approximate surface area is 198 Å². The SMILES string of the molecule is COc1ccc(C2/C(=C(\O)c3ccc(C)cc3)C(=O)C(=O)N2CCCn2ccnc2)cc1OC. The summed E-state index contributed by atoms with van der Waals surface area (Å²) in [5, 5.41) is 11.2. The normalized spacial score (nSPS) is 17.3. The van der Waals surface area contributed by atoms with Gasteiger partial charge in [0.05, 0.1) is 32.2 Å². The molecule has 1 atom stereocenters. The fourth-order valence-electron chi connectivity index (χ4n) is 4.19. The highest BCUT2D eigenvalue weighted by Gasteiger charge is 2.46. The number of aliphatic hydroxyl groups is 1. The number of rotatable bonds is 8. The van der Waals surface area contributed by atoms with E-state index in [1.54, 1.807) is 42.9 Å². The molecule has 0 aliphatic carbocycles. The average molecular weight is 462 g/mol. The number of benzene rings is 2. The van der Waals surface area contributed by atoms with Crippen LogP contribution < -0.4 is 9.47 Å². The van der Waals surface area contributed by atoms with Gasteiger partial charge in [0.2, 0.25) is 0 Å². The van der Waals surface area contributed by atoms with E-state index in [1.807, 2.05) is 29.8 Å². The summed E-state index contributed by atoms with van der Waals surface area (Å²) in [7, 11) is 3.06. The number of imidazole rings is 1. The van der Waals surface area contributed by atoms with Crippen molar-refractivity contribution in [3.8, 4) is 11.5 Å². The Hall–Kier alpha value is -4.07. The maximum atomic E-state index is 13.2. The molecule has 0 bridgehead atoms. The summed E-state index contributed by atoms with van der Waals surface area (Å²) in [5.74, 6) is -0.545. The summed E-state index contributed by atoms with van der Waals surface area (Å²) in [6, 6.07) is 11.7. The first-order valence-electron chi connectivity index (χ1n) is 11.0. The zero-order valence-corrected chi connectivity index (χ0v) is 19.4. The molecule has 8 heteroatoms. The number of methoxy groups -OCH3 is 2. The Morgan fingerprint density at radius 2 is 1.76 bits per heavy atom. The van der Waals surface area contributed by atoms with E-state index in [4.69, 9.17) is 9.47 Å². The first kappa shape index (κ1) is 23.1. The van der Waals surface area contributed by atoms with Gasteiger partial charge in [-0.2, -0.15) is 0 Å². The Balaban J connectivity index is 1.77. The number of nitrogens with zero attached hydrogens (tertiary/aromatic N) is 3. The number of aromatic nitrogens is 2. The van der Waals surface area contributed by atoms with Crippen molar-refractivity contribution < 1.29 is 24.2 Å². The van der Waals surface area contributed by atoms with Crippen molar-refractivity contribution in [3.05, 3.63) is 83.4 Å². The number of amides is 1. The number of aliphatic hydroxyl groups excluding tert-OH is 1. The summed E-state index contributed by atoms with van der Waals surface area (Å²) in [5.41, 5.74) is 2.21. The monoisotopic (exact) mass is 461 g/mol. The molecule has 1 amide bonds. The molecule has 1 aromatic heterocycles. The van der Waals surface area contributed by atoms with Crippen molar-refractivity contribution in [2.24, 2.45) is 0 Å². The molecule has 1 fully saturated rings. The van der Waals surface area contributed by atoms with Crippen LogP contribution in [0.15, 0.2) is 66.8 Å². The standard InChI is InChI=1S/C26H27N3O5/c1-17-5-7-18(8-6-17)24(30)22-23(19-9-10-20(33-2)21(15-19)34-3)29(26(32)25(22)31)13-4-12-28-14-11-27-16-28/h5-11,14-16,23,30H,4,12-13H2,1-3H3/b24-22+. The number of hydrogen-bond donors (Lipinski definition) is 1. The second kappa shape index (κ2) is 9.82. The molecular formula is C26H27N3O5. The number of carbonyl (C=O) groups excluding carboxylic acids is 2. The number of carbonyl (C=O) groups is 2. The fourth-order valence-corrected chi connectivity index (χ4v) is 4.19. The molecule has 2 aromatic carbocycles. The van der Waals surface area contributed by atoms with Crippen LogP contribution in [0.5, 0.6) is 11.5 Å². The van der Waals surface area contributed by atoms with Crippen LogP contribution in [-0.4, -0.2) is 52.0 Å². The minimum Gasteiger partial charge on any atom is -0.507 e. The first-order chi connectivity index (χ1) is 16.4. The number of likely N-dealkylation sites (tertiary alicyclic amines) is 1. The summed E-state index contributed by atoms with van der Waals surface area (Å²) in [6.45, 7) is 2.90. The molecule has 0 saturated carbocycles. The molecule has 3 aromatic rings. The molecule has 2 heterocycles. The van der Waals surface area contributed by atoms with Crippen LogP contribution in [0.1, 0.15) is 29.2 Å². The zero-order chi connectivity index (χ0) is 24.2. The lowest BCUT2D eigenvalue weighted by Gasteiger charge is -2.26. The highest BCUT2D eigenvalue weighted by Crippen LogP contribution is 2.42. The largest absolute Gasteiger partial charge is 0.507 e. The number of aryl methyl sites for hydroxylation is 2. The minimum absolute atomic E-state index is 0.0590. The third-order valence-corrected chi connectivity index (χ3v) is 5.96. The summed E-state index contributed by atoms with van der Waals surface area (Å²) in [4.78, 5) is 31.8. The van der Waals surface area contributed by atoms with Crippen LogP contribution in [0.25, 0.3) is 5.76 Å². The summed E-state index contributed by atoms with van der Waals surface area (Å²) in [6.07, 6.45) is 5.85. The van der Waals surface area contributed by atoms with Gasteiger partial charge >= 0.3 is 0 Å². The van der Waals surface area contributed by atoms with Gasteiger partial charge in [-0.1, -0.05) is 35.9 Å². The average Bonchev–Trinajstić information content (AvgIpc) is 3.46. The lowest BCUT2D eigenvalue weighted by atomic mass is 9.94. The molecule has 4 rings (SSSR count). The van der Waals surface area contributed by atoms with Gasteiger partial charge in [-0.05, 0) is 31.0 Å². The van der Waals surface area contributed by atoms with Crippen LogP contribution >= 0.6 is 0 Å². The van der Waals surface area contributed by atoms with Gasteiger partial charge in [-0.3, -0.25) is 9.59 Å². The van der Waals surface area contributed by atoms with Gasteiger partial charge in [0.25, 0.3) is 11.7 Å². The van der Waals surface area contributed by atoms with Gasteiger partial charge in [0, 0.05) is 31.0 Å². The summed E-state index contributed by atoms with van der Waals surface area (Å²) >= 11 is 0.